The molecule has 0 spiro atoms. The molecule has 5 nitrogen and oxygen atoms in total. The summed E-state index contributed by atoms with van der Waals surface area (Å²) in [6.45, 7) is 0.462. The van der Waals surface area contributed by atoms with E-state index >= 15 is 0 Å². The molecule has 0 radical (unpaired) electrons. The third-order valence-electron chi connectivity index (χ3n) is 3.91. The molecule has 0 unspecified atom stereocenters. The number of carbonyl (C=O) groups is 1. The first-order valence-corrected chi connectivity index (χ1v) is 9.38. The van der Waals surface area contributed by atoms with Gasteiger partial charge in [0.05, 0.1) is 13.3 Å². The first-order valence-electron chi connectivity index (χ1n) is 8.59. The highest BCUT2D eigenvalue weighted by molar-refractivity contribution is 9.10. The number of carbonyl (C=O) groups excluding carboxylic acids is 1. The summed E-state index contributed by atoms with van der Waals surface area (Å²) in [7, 11) is 1.60. The van der Waals surface area contributed by atoms with Crippen LogP contribution in [-0.4, -0.2) is 19.2 Å². The molecule has 0 aliphatic carbocycles. The highest BCUT2D eigenvalue weighted by Gasteiger charge is 2.05. The molecule has 0 aliphatic rings. The molecule has 0 aromatic heterocycles. The van der Waals surface area contributed by atoms with Crippen LogP contribution in [0.3, 0.4) is 0 Å². The molecular weight excluding hydrogens is 420 g/mol. The van der Waals surface area contributed by atoms with Gasteiger partial charge in [0.25, 0.3) is 5.91 Å². The Morgan fingerprint density at radius 1 is 1.04 bits per heavy atom. The van der Waals surface area contributed by atoms with Crippen LogP contribution in [0.15, 0.2) is 82.4 Å². The van der Waals surface area contributed by atoms with Gasteiger partial charge < -0.3 is 9.47 Å². The molecule has 0 atom stereocenters. The average Bonchev–Trinajstić information content (AvgIpc) is 2.74. The van der Waals surface area contributed by atoms with Crippen molar-refractivity contribution in [2.45, 2.75) is 6.61 Å². The molecule has 6 heteroatoms. The van der Waals surface area contributed by atoms with E-state index < -0.39 is 0 Å². The lowest BCUT2D eigenvalue weighted by Gasteiger charge is -2.07. The van der Waals surface area contributed by atoms with Gasteiger partial charge in [-0.2, -0.15) is 5.10 Å². The molecule has 1 N–H and O–H groups in total. The SMILES string of the molecule is COc1cccc(C=NNC(=O)c2ccc(OCc3ccc(Br)cc3)cc2)c1. The fourth-order valence-electron chi connectivity index (χ4n) is 2.40. The second-order valence-electron chi connectivity index (χ2n) is 5.92. The van der Waals surface area contributed by atoms with Crippen molar-refractivity contribution in [3.63, 3.8) is 0 Å². The van der Waals surface area contributed by atoms with Gasteiger partial charge in [0, 0.05) is 10.0 Å². The summed E-state index contributed by atoms with van der Waals surface area (Å²) in [5.74, 6) is 1.13. The monoisotopic (exact) mass is 438 g/mol. The predicted octanol–water partition coefficient (Wildman–Crippen LogP) is 4.80. The van der Waals surface area contributed by atoms with Gasteiger partial charge >= 0.3 is 0 Å². The Morgan fingerprint density at radius 3 is 2.50 bits per heavy atom. The van der Waals surface area contributed by atoms with Crippen LogP contribution >= 0.6 is 15.9 Å². The van der Waals surface area contributed by atoms with E-state index in [9.17, 15) is 4.79 Å². The molecule has 0 saturated carbocycles. The lowest BCUT2D eigenvalue weighted by Crippen LogP contribution is -2.17. The van der Waals surface area contributed by atoms with E-state index in [1.165, 1.54) is 0 Å². The Balaban J connectivity index is 1.52. The largest absolute Gasteiger partial charge is 0.497 e. The summed E-state index contributed by atoms with van der Waals surface area (Å²) in [6, 6.07) is 22.3. The van der Waals surface area contributed by atoms with E-state index in [4.69, 9.17) is 9.47 Å². The van der Waals surface area contributed by atoms with Gasteiger partial charge in [-0.1, -0.05) is 40.2 Å². The van der Waals surface area contributed by atoms with Gasteiger partial charge in [0.2, 0.25) is 0 Å². The number of nitrogens with one attached hydrogen (secondary N) is 1. The van der Waals surface area contributed by atoms with Gasteiger partial charge in [-0.15, -0.1) is 0 Å². The lowest BCUT2D eigenvalue weighted by molar-refractivity contribution is 0.0955. The Bertz CT molecular complexity index is 954. The Hall–Kier alpha value is -3.12. The van der Waals surface area contributed by atoms with Gasteiger partial charge in [0.1, 0.15) is 18.1 Å². The second kappa shape index (κ2) is 9.71. The number of rotatable bonds is 7. The highest BCUT2D eigenvalue weighted by atomic mass is 79.9. The smallest absolute Gasteiger partial charge is 0.271 e. The molecule has 142 valence electrons. The summed E-state index contributed by atoms with van der Waals surface area (Å²) in [4.78, 5) is 12.2. The van der Waals surface area contributed by atoms with Crippen LogP contribution < -0.4 is 14.9 Å². The number of halogens is 1. The molecular formula is C22H19BrN2O3. The molecule has 0 fully saturated rings. The fraction of sp³-hybridized carbons (Fsp3) is 0.0909. The van der Waals surface area contributed by atoms with Gasteiger partial charge in [-0.3, -0.25) is 4.79 Å². The van der Waals surface area contributed by atoms with Crippen molar-refractivity contribution >= 4 is 28.1 Å². The Labute approximate surface area is 172 Å². The molecule has 0 bridgehead atoms. The molecule has 3 rings (SSSR count). The van der Waals surface area contributed by atoms with Crippen LogP contribution in [0.25, 0.3) is 0 Å². The third kappa shape index (κ3) is 5.69. The molecule has 0 saturated heterocycles. The first-order chi connectivity index (χ1) is 13.6. The van der Waals surface area contributed by atoms with Crippen molar-refractivity contribution in [3.8, 4) is 11.5 Å². The van der Waals surface area contributed by atoms with Crippen molar-refractivity contribution in [2.24, 2.45) is 5.10 Å². The van der Waals surface area contributed by atoms with Crippen LogP contribution in [0.1, 0.15) is 21.5 Å². The van der Waals surface area contributed by atoms with Crippen molar-refractivity contribution in [1.29, 1.82) is 0 Å². The maximum absolute atomic E-state index is 12.2. The number of nitrogens with zero attached hydrogens (tertiary/aromatic N) is 1. The quantitative estimate of drug-likeness (QED) is 0.425. The lowest BCUT2D eigenvalue weighted by atomic mass is 10.2. The maximum atomic E-state index is 12.2. The fourth-order valence-corrected chi connectivity index (χ4v) is 2.67. The van der Waals surface area contributed by atoms with Crippen LogP contribution in [0.2, 0.25) is 0 Å². The number of ether oxygens (including phenoxy) is 2. The summed E-state index contributed by atoms with van der Waals surface area (Å²) in [6.07, 6.45) is 1.57. The highest BCUT2D eigenvalue weighted by Crippen LogP contribution is 2.16. The Morgan fingerprint density at radius 2 is 1.79 bits per heavy atom. The van der Waals surface area contributed by atoms with Gasteiger partial charge in [0.15, 0.2) is 0 Å². The Kier molecular flexibility index (Phi) is 6.81. The van der Waals surface area contributed by atoms with Crippen molar-refractivity contribution in [3.05, 3.63) is 94.0 Å². The molecule has 0 heterocycles. The van der Waals surface area contributed by atoms with Crippen LogP contribution in [0, 0.1) is 0 Å². The molecule has 3 aromatic carbocycles. The van der Waals surface area contributed by atoms with E-state index in [0.717, 1.165) is 21.3 Å². The van der Waals surface area contributed by atoms with Crippen molar-refractivity contribution < 1.29 is 14.3 Å². The third-order valence-corrected chi connectivity index (χ3v) is 4.44. The normalized spacial score (nSPS) is 10.6. The number of benzene rings is 3. The molecule has 0 aliphatic heterocycles. The molecule has 3 aromatic rings. The number of hydrazone groups is 1. The second-order valence-corrected chi connectivity index (χ2v) is 6.83. The van der Waals surface area contributed by atoms with E-state index in [2.05, 4.69) is 26.5 Å². The topological polar surface area (TPSA) is 59.9 Å². The van der Waals surface area contributed by atoms with E-state index in [1.807, 2.05) is 48.5 Å². The van der Waals surface area contributed by atoms with Crippen molar-refractivity contribution in [1.82, 2.24) is 5.43 Å². The van der Waals surface area contributed by atoms with Crippen molar-refractivity contribution in [2.75, 3.05) is 7.11 Å². The zero-order valence-corrected chi connectivity index (χ0v) is 16.8. The van der Waals surface area contributed by atoms with E-state index in [0.29, 0.717) is 17.9 Å². The summed E-state index contributed by atoms with van der Waals surface area (Å²) in [5, 5.41) is 3.98. The molecule has 1 amide bonds. The number of amides is 1. The minimum atomic E-state index is -0.293. The molecule has 28 heavy (non-hydrogen) atoms. The van der Waals surface area contributed by atoms with Gasteiger partial charge in [-0.25, -0.2) is 5.43 Å². The van der Waals surface area contributed by atoms with E-state index in [-0.39, 0.29) is 5.91 Å². The van der Waals surface area contributed by atoms with Crippen LogP contribution in [-0.2, 0) is 6.61 Å². The van der Waals surface area contributed by atoms with Crippen LogP contribution in [0.5, 0.6) is 11.5 Å². The summed E-state index contributed by atoms with van der Waals surface area (Å²) in [5.41, 5.74) is 4.91. The standard InChI is InChI=1S/C22H19BrN2O3/c1-27-21-4-2-3-17(13-21)14-24-25-22(26)18-7-11-20(12-8-18)28-15-16-5-9-19(23)10-6-16/h2-14H,15H2,1H3,(H,25,26). The van der Waals surface area contributed by atoms with Crippen LogP contribution in [0.4, 0.5) is 0 Å². The predicted molar refractivity (Wildman–Crippen MR) is 113 cm³/mol. The zero-order chi connectivity index (χ0) is 19.8. The maximum Gasteiger partial charge on any atom is 0.271 e. The number of hydrogen-bond acceptors (Lipinski definition) is 4. The summed E-state index contributed by atoms with van der Waals surface area (Å²) >= 11 is 3.41. The minimum Gasteiger partial charge on any atom is -0.497 e. The zero-order valence-electron chi connectivity index (χ0n) is 15.3. The number of methoxy groups -OCH3 is 1. The first kappa shape index (κ1) is 19.6. The minimum absolute atomic E-state index is 0.293. The average molecular weight is 439 g/mol. The number of hydrogen-bond donors (Lipinski definition) is 1. The summed E-state index contributed by atoms with van der Waals surface area (Å²) < 4.78 is 11.9. The van der Waals surface area contributed by atoms with E-state index in [1.54, 1.807) is 37.6 Å². The van der Waals surface area contributed by atoms with Gasteiger partial charge in [-0.05, 0) is 59.7 Å².